The van der Waals surface area contributed by atoms with Crippen molar-refractivity contribution in [3.8, 4) is 5.75 Å². The molecule has 0 heterocycles. The number of hydrogen-bond donors (Lipinski definition) is 1. The number of rotatable bonds is 9. The number of halogens is 1. The van der Waals surface area contributed by atoms with Gasteiger partial charge in [-0.3, -0.25) is 9.10 Å². The standard InChI is InChI=1S/C24H24BrN3O4S/c1-18-7-9-20(10-8-18)17-32-21-13-11-19(12-14-21)15-26-27-24(29)16-28(33(2,30)31)23-6-4-3-5-22(23)25/h3-15H,16-17H2,1-2H3,(H,27,29)/b26-15-. The molecule has 1 amide bonds. The average Bonchev–Trinajstić information content (AvgIpc) is 2.78. The maximum atomic E-state index is 12.3. The summed E-state index contributed by atoms with van der Waals surface area (Å²) in [5.41, 5.74) is 5.78. The zero-order valence-electron chi connectivity index (χ0n) is 18.2. The highest BCUT2D eigenvalue weighted by Gasteiger charge is 2.22. The number of aryl methyl sites for hydroxylation is 1. The SMILES string of the molecule is Cc1ccc(COc2ccc(/C=N\NC(=O)CN(c3ccccc3Br)S(C)(=O)=O)cc2)cc1. The van der Waals surface area contributed by atoms with Crippen molar-refractivity contribution in [2.75, 3.05) is 17.1 Å². The van der Waals surface area contributed by atoms with Gasteiger partial charge in [-0.2, -0.15) is 5.10 Å². The predicted octanol–water partition coefficient (Wildman–Crippen LogP) is 4.25. The second-order valence-corrected chi connectivity index (χ2v) is 10.1. The van der Waals surface area contributed by atoms with Crippen LogP contribution in [0.25, 0.3) is 0 Å². The lowest BCUT2D eigenvalue weighted by molar-refractivity contribution is -0.119. The molecule has 3 aromatic carbocycles. The Labute approximate surface area is 202 Å². The lowest BCUT2D eigenvalue weighted by atomic mass is 10.2. The Hall–Kier alpha value is -3.17. The number of carbonyl (C=O) groups is 1. The van der Waals surface area contributed by atoms with Crippen LogP contribution in [0.5, 0.6) is 5.75 Å². The number of hydrogen-bond acceptors (Lipinski definition) is 5. The molecule has 9 heteroatoms. The lowest BCUT2D eigenvalue weighted by Crippen LogP contribution is -2.39. The van der Waals surface area contributed by atoms with E-state index in [0.717, 1.165) is 21.7 Å². The first kappa shape index (κ1) is 24.5. The number of sulfonamides is 1. The van der Waals surface area contributed by atoms with Gasteiger partial charge in [0.05, 0.1) is 18.2 Å². The Morgan fingerprint density at radius 3 is 2.36 bits per heavy atom. The van der Waals surface area contributed by atoms with Gasteiger partial charge in [0.25, 0.3) is 5.91 Å². The largest absolute Gasteiger partial charge is 0.489 e. The van der Waals surface area contributed by atoms with E-state index in [1.807, 2.05) is 55.5 Å². The number of ether oxygens (including phenoxy) is 1. The molecule has 0 unspecified atom stereocenters. The fourth-order valence-corrected chi connectivity index (χ4v) is 4.37. The number of para-hydroxylation sites is 1. The molecule has 0 aliphatic heterocycles. The van der Waals surface area contributed by atoms with Crippen molar-refractivity contribution in [2.45, 2.75) is 13.5 Å². The summed E-state index contributed by atoms with van der Waals surface area (Å²) in [6, 6.07) is 22.2. The maximum Gasteiger partial charge on any atom is 0.260 e. The van der Waals surface area contributed by atoms with Crippen molar-refractivity contribution in [1.82, 2.24) is 5.43 Å². The van der Waals surface area contributed by atoms with E-state index in [9.17, 15) is 13.2 Å². The van der Waals surface area contributed by atoms with Gasteiger partial charge in [0.1, 0.15) is 18.9 Å². The third kappa shape index (κ3) is 7.44. The maximum absolute atomic E-state index is 12.3. The number of amides is 1. The summed E-state index contributed by atoms with van der Waals surface area (Å²) < 4.78 is 31.7. The van der Waals surface area contributed by atoms with Crippen LogP contribution in [0.15, 0.2) is 82.4 Å². The highest BCUT2D eigenvalue weighted by Crippen LogP contribution is 2.27. The van der Waals surface area contributed by atoms with Gasteiger partial charge in [-0.05, 0) is 70.4 Å². The summed E-state index contributed by atoms with van der Waals surface area (Å²) in [6.45, 7) is 2.11. The topological polar surface area (TPSA) is 88.1 Å². The molecule has 0 aliphatic carbocycles. The molecule has 3 rings (SSSR count). The first-order valence-electron chi connectivity index (χ1n) is 10.0. The van der Waals surface area contributed by atoms with E-state index in [4.69, 9.17) is 4.74 Å². The quantitative estimate of drug-likeness (QED) is 0.331. The molecule has 0 aliphatic rings. The molecule has 0 spiro atoms. The Morgan fingerprint density at radius 2 is 1.73 bits per heavy atom. The summed E-state index contributed by atoms with van der Waals surface area (Å²) >= 11 is 3.32. The van der Waals surface area contributed by atoms with Gasteiger partial charge in [0.2, 0.25) is 10.0 Å². The van der Waals surface area contributed by atoms with E-state index in [1.165, 1.54) is 11.8 Å². The summed E-state index contributed by atoms with van der Waals surface area (Å²) in [5.74, 6) is 0.152. The van der Waals surface area contributed by atoms with Gasteiger partial charge >= 0.3 is 0 Å². The molecule has 0 saturated carbocycles. The number of carbonyl (C=O) groups excluding carboxylic acids is 1. The van der Waals surface area contributed by atoms with Gasteiger partial charge in [0.15, 0.2) is 0 Å². The van der Waals surface area contributed by atoms with E-state index in [-0.39, 0.29) is 0 Å². The third-order valence-corrected chi connectivity index (χ3v) is 6.41. The van der Waals surface area contributed by atoms with Gasteiger partial charge in [-0.1, -0.05) is 42.0 Å². The molecule has 0 radical (unpaired) electrons. The molecular formula is C24H24BrN3O4S. The summed E-state index contributed by atoms with van der Waals surface area (Å²) in [7, 11) is -3.67. The Balaban J connectivity index is 1.55. The highest BCUT2D eigenvalue weighted by atomic mass is 79.9. The van der Waals surface area contributed by atoms with Crippen LogP contribution in [0.2, 0.25) is 0 Å². The number of benzene rings is 3. The first-order valence-corrected chi connectivity index (χ1v) is 12.7. The van der Waals surface area contributed by atoms with E-state index >= 15 is 0 Å². The molecule has 1 N–H and O–H groups in total. The van der Waals surface area contributed by atoms with Crippen molar-refractivity contribution < 1.29 is 17.9 Å². The third-order valence-electron chi connectivity index (χ3n) is 4.62. The van der Waals surface area contributed by atoms with Crippen LogP contribution >= 0.6 is 15.9 Å². The van der Waals surface area contributed by atoms with Crippen molar-refractivity contribution >= 4 is 43.8 Å². The Bertz CT molecular complexity index is 1230. The number of hydrazone groups is 1. The van der Waals surface area contributed by atoms with E-state index in [0.29, 0.717) is 22.5 Å². The molecule has 0 saturated heterocycles. The van der Waals surface area contributed by atoms with Crippen LogP contribution in [-0.4, -0.2) is 33.3 Å². The monoisotopic (exact) mass is 529 g/mol. The number of nitrogens with zero attached hydrogens (tertiary/aromatic N) is 2. The second kappa shape index (κ2) is 11.1. The fraction of sp³-hybridized carbons (Fsp3) is 0.167. The van der Waals surface area contributed by atoms with E-state index < -0.39 is 22.5 Å². The number of anilines is 1. The fourth-order valence-electron chi connectivity index (χ4n) is 2.88. The molecule has 3 aromatic rings. The minimum absolute atomic E-state index is 0.375. The van der Waals surface area contributed by atoms with Crippen LogP contribution in [0.1, 0.15) is 16.7 Å². The molecule has 0 aromatic heterocycles. The highest BCUT2D eigenvalue weighted by molar-refractivity contribution is 9.10. The minimum atomic E-state index is -3.67. The first-order chi connectivity index (χ1) is 15.7. The van der Waals surface area contributed by atoms with Crippen molar-refractivity contribution in [3.63, 3.8) is 0 Å². The Morgan fingerprint density at radius 1 is 1.06 bits per heavy atom. The summed E-state index contributed by atoms with van der Waals surface area (Å²) in [6.07, 6.45) is 2.52. The van der Waals surface area contributed by atoms with E-state index in [1.54, 1.807) is 24.3 Å². The van der Waals surface area contributed by atoms with Crippen molar-refractivity contribution in [3.05, 3.63) is 94.0 Å². The molecule has 7 nitrogen and oxygen atoms in total. The minimum Gasteiger partial charge on any atom is -0.489 e. The van der Waals surface area contributed by atoms with Crippen molar-refractivity contribution in [1.29, 1.82) is 0 Å². The summed E-state index contributed by atoms with van der Waals surface area (Å²) in [5, 5.41) is 3.93. The van der Waals surface area contributed by atoms with Gasteiger partial charge in [-0.15, -0.1) is 0 Å². The molecule has 172 valence electrons. The molecule has 0 bridgehead atoms. The number of nitrogens with one attached hydrogen (secondary N) is 1. The Kier molecular flexibility index (Phi) is 8.24. The smallest absolute Gasteiger partial charge is 0.260 e. The second-order valence-electron chi connectivity index (χ2n) is 7.36. The predicted molar refractivity (Wildman–Crippen MR) is 134 cm³/mol. The zero-order chi connectivity index (χ0) is 23.8. The zero-order valence-corrected chi connectivity index (χ0v) is 20.6. The van der Waals surface area contributed by atoms with E-state index in [2.05, 4.69) is 26.5 Å². The van der Waals surface area contributed by atoms with Crippen LogP contribution < -0.4 is 14.5 Å². The average molecular weight is 530 g/mol. The molecular weight excluding hydrogens is 506 g/mol. The molecule has 0 fully saturated rings. The van der Waals surface area contributed by atoms with Crippen LogP contribution in [-0.2, 0) is 21.4 Å². The lowest BCUT2D eigenvalue weighted by Gasteiger charge is -2.22. The normalized spacial score (nSPS) is 11.4. The van der Waals surface area contributed by atoms with Crippen LogP contribution in [0.3, 0.4) is 0 Å². The van der Waals surface area contributed by atoms with Gasteiger partial charge in [0, 0.05) is 4.47 Å². The van der Waals surface area contributed by atoms with Crippen LogP contribution in [0.4, 0.5) is 5.69 Å². The summed E-state index contributed by atoms with van der Waals surface area (Å²) in [4.78, 5) is 12.3. The molecule has 0 atom stereocenters. The van der Waals surface area contributed by atoms with Gasteiger partial charge in [-0.25, -0.2) is 13.8 Å². The molecule has 33 heavy (non-hydrogen) atoms. The van der Waals surface area contributed by atoms with Crippen molar-refractivity contribution in [2.24, 2.45) is 5.10 Å². The van der Waals surface area contributed by atoms with Crippen LogP contribution in [0, 0.1) is 6.92 Å². The van der Waals surface area contributed by atoms with Gasteiger partial charge < -0.3 is 4.74 Å².